The summed E-state index contributed by atoms with van der Waals surface area (Å²) in [4.78, 5) is 25.9. The predicted octanol–water partition coefficient (Wildman–Crippen LogP) is -0.0537. The molecule has 6 heteroatoms. The van der Waals surface area contributed by atoms with Crippen LogP contribution in [0.25, 0.3) is 0 Å². The molecule has 0 saturated carbocycles. The summed E-state index contributed by atoms with van der Waals surface area (Å²) >= 11 is 1.55. The molecule has 2 aliphatic rings. The van der Waals surface area contributed by atoms with Crippen molar-refractivity contribution < 1.29 is 9.59 Å². The van der Waals surface area contributed by atoms with Crippen LogP contribution in [0, 0.1) is 0 Å². The van der Waals surface area contributed by atoms with Crippen LogP contribution in [0.5, 0.6) is 0 Å². The Bertz CT molecular complexity index is 351. The van der Waals surface area contributed by atoms with Crippen LogP contribution < -0.4 is 11.1 Å². The van der Waals surface area contributed by atoms with Gasteiger partial charge >= 0.3 is 0 Å². The zero-order chi connectivity index (χ0) is 13.3. The molecule has 5 nitrogen and oxygen atoms in total. The van der Waals surface area contributed by atoms with E-state index in [4.69, 9.17) is 5.73 Å². The minimum atomic E-state index is -0.430. The van der Waals surface area contributed by atoms with Gasteiger partial charge in [-0.15, -0.1) is 11.8 Å². The zero-order valence-corrected chi connectivity index (χ0v) is 11.8. The molecule has 0 aromatic heterocycles. The van der Waals surface area contributed by atoms with Crippen molar-refractivity contribution in [3.05, 3.63) is 0 Å². The van der Waals surface area contributed by atoms with Crippen molar-refractivity contribution in [2.24, 2.45) is 5.73 Å². The molecule has 0 aliphatic carbocycles. The molecule has 102 valence electrons. The third-order valence-corrected chi connectivity index (χ3v) is 5.02. The minimum absolute atomic E-state index is 0.0400. The first-order valence-corrected chi connectivity index (χ1v) is 7.38. The van der Waals surface area contributed by atoms with Crippen molar-refractivity contribution in [3.8, 4) is 0 Å². The number of piperidine rings is 1. The second-order valence-corrected chi connectivity index (χ2v) is 7.15. The van der Waals surface area contributed by atoms with E-state index >= 15 is 0 Å². The van der Waals surface area contributed by atoms with Crippen LogP contribution in [-0.2, 0) is 9.59 Å². The molecule has 2 saturated heterocycles. The minimum Gasteiger partial charge on any atom is -0.342 e. The number of carbonyl (C=O) groups is 2. The highest BCUT2D eigenvalue weighted by Gasteiger charge is 2.39. The van der Waals surface area contributed by atoms with Crippen LogP contribution in [-0.4, -0.2) is 52.4 Å². The maximum absolute atomic E-state index is 12.3. The molecular formula is C12H21N3O2S. The van der Waals surface area contributed by atoms with E-state index in [1.807, 2.05) is 18.7 Å². The fourth-order valence-electron chi connectivity index (χ4n) is 2.20. The molecular weight excluding hydrogens is 250 g/mol. The fourth-order valence-corrected chi connectivity index (χ4v) is 3.20. The van der Waals surface area contributed by atoms with Crippen LogP contribution in [0.3, 0.4) is 0 Å². The lowest BCUT2D eigenvalue weighted by Crippen LogP contribution is -2.59. The van der Waals surface area contributed by atoms with Crippen molar-refractivity contribution >= 4 is 23.6 Å². The first kappa shape index (κ1) is 13.7. The third kappa shape index (κ3) is 2.80. The van der Waals surface area contributed by atoms with Crippen LogP contribution in [0.15, 0.2) is 0 Å². The van der Waals surface area contributed by atoms with Gasteiger partial charge < -0.3 is 16.0 Å². The summed E-state index contributed by atoms with van der Waals surface area (Å²) < 4.78 is -0.430. The summed E-state index contributed by atoms with van der Waals surface area (Å²) in [5, 5.41) is 2.83. The number of nitrogens with two attached hydrogens (primary N) is 1. The van der Waals surface area contributed by atoms with Crippen LogP contribution in [0.1, 0.15) is 26.7 Å². The van der Waals surface area contributed by atoms with Gasteiger partial charge in [0.25, 0.3) is 0 Å². The van der Waals surface area contributed by atoms with Crippen molar-refractivity contribution in [2.45, 2.75) is 43.5 Å². The molecule has 2 heterocycles. The number of likely N-dealkylation sites (tertiary alicyclic amines) is 1. The van der Waals surface area contributed by atoms with Crippen molar-refractivity contribution in [1.82, 2.24) is 10.2 Å². The number of rotatable bonds is 1. The standard InChI is InChI=1S/C12H21N3O2S/c1-12(2)11(17)14-9(7-18-12)10(16)15-5-3-8(13)4-6-15/h8-9H,3-7,13H2,1-2H3,(H,14,17)/t9-/m0/s1. The van der Waals surface area contributed by atoms with Crippen molar-refractivity contribution in [1.29, 1.82) is 0 Å². The number of hydrogen-bond donors (Lipinski definition) is 2. The van der Waals surface area contributed by atoms with E-state index in [1.165, 1.54) is 0 Å². The van der Waals surface area contributed by atoms with Crippen LogP contribution in [0.2, 0.25) is 0 Å². The summed E-state index contributed by atoms with van der Waals surface area (Å²) in [6.45, 7) is 5.18. The number of thioether (sulfide) groups is 1. The van der Waals surface area contributed by atoms with Gasteiger partial charge in [0.2, 0.25) is 11.8 Å². The molecule has 0 bridgehead atoms. The zero-order valence-electron chi connectivity index (χ0n) is 10.9. The van der Waals surface area contributed by atoms with Gasteiger partial charge in [0.15, 0.2) is 0 Å². The Morgan fingerprint density at radius 2 is 2.06 bits per heavy atom. The normalized spacial score (nSPS) is 28.9. The lowest BCUT2D eigenvalue weighted by atomic mass is 10.1. The molecule has 2 aliphatic heterocycles. The topological polar surface area (TPSA) is 75.4 Å². The second-order valence-electron chi connectivity index (χ2n) is 5.51. The van der Waals surface area contributed by atoms with Crippen molar-refractivity contribution in [3.63, 3.8) is 0 Å². The molecule has 0 radical (unpaired) electrons. The summed E-state index contributed by atoms with van der Waals surface area (Å²) in [7, 11) is 0. The Hall–Kier alpha value is -0.750. The molecule has 0 aromatic rings. The fraction of sp³-hybridized carbons (Fsp3) is 0.833. The molecule has 18 heavy (non-hydrogen) atoms. The number of nitrogens with one attached hydrogen (secondary N) is 1. The summed E-state index contributed by atoms with van der Waals surface area (Å²) in [6.07, 6.45) is 1.70. The van der Waals surface area contributed by atoms with Gasteiger partial charge in [0, 0.05) is 24.9 Å². The average molecular weight is 271 g/mol. The lowest BCUT2D eigenvalue weighted by molar-refractivity contribution is -0.137. The van der Waals surface area contributed by atoms with Gasteiger partial charge in [0.1, 0.15) is 6.04 Å². The van der Waals surface area contributed by atoms with Gasteiger partial charge in [0.05, 0.1) is 4.75 Å². The third-order valence-electron chi connectivity index (χ3n) is 3.61. The largest absolute Gasteiger partial charge is 0.342 e. The number of nitrogens with zero attached hydrogens (tertiary/aromatic N) is 1. The molecule has 3 N–H and O–H groups in total. The van der Waals surface area contributed by atoms with Gasteiger partial charge in [-0.1, -0.05) is 0 Å². The summed E-state index contributed by atoms with van der Waals surface area (Å²) in [6, 6.07) is -0.159. The molecule has 2 amide bonds. The Kier molecular flexibility index (Phi) is 3.87. The number of carbonyl (C=O) groups excluding carboxylic acids is 2. The lowest BCUT2D eigenvalue weighted by Gasteiger charge is -2.37. The first-order valence-electron chi connectivity index (χ1n) is 6.39. The highest BCUT2D eigenvalue weighted by atomic mass is 32.2. The second kappa shape index (κ2) is 5.09. The van der Waals surface area contributed by atoms with Gasteiger partial charge in [-0.05, 0) is 26.7 Å². The molecule has 2 fully saturated rings. The van der Waals surface area contributed by atoms with Crippen molar-refractivity contribution in [2.75, 3.05) is 18.8 Å². The SMILES string of the molecule is CC1(C)SC[C@@H](C(=O)N2CCC(N)CC2)NC1=O. The Morgan fingerprint density at radius 1 is 1.44 bits per heavy atom. The molecule has 2 rings (SSSR count). The maximum Gasteiger partial charge on any atom is 0.246 e. The van der Waals surface area contributed by atoms with E-state index in [2.05, 4.69) is 5.32 Å². The Labute approximate surface area is 112 Å². The quantitative estimate of drug-likeness (QED) is 0.701. The van der Waals surface area contributed by atoms with Gasteiger partial charge in [-0.2, -0.15) is 0 Å². The highest BCUT2D eigenvalue weighted by molar-refractivity contribution is 8.01. The van der Waals surface area contributed by atoms with Crippen LogP contribution >= 0.6 is 11.8 Å². The predicted molar refractivity (Wildman–Crippen MR) is 72.3 cm³/mol. The molecule has 0 aromatic carbocycles. The maximum atomic E-state index is 12.3. The Morgan fingerprint density at radius 3 is 2.61 bits per heavy atom. The van der Waals surface area contributed by atoms with E-state index in [0.717, 1.165) is 12.8 Å². The first-order chi connectivity index (χ1) is 8.40. The highest BCUT2D eigenvalue weighted by Crippen LogP contribution is 2.29. The van der Waals surface area contributed by atoms with Gasteiger partial charge in [-0.25, -0.2) is 0 Å². The molecule has 0 unspecified atom stereocenters. The Balaban J connectivity index is 1.93. The number of hydrogen-bond acceptors (Lipinski definition) is 4. The van der Waals surface area contributed by atoms with Crippen LogP contribution in [0.4, 0.5) is 0 Å². The summed E-state index contributed by atoms with van der Waals surface area (Å²) in [5.74, 6) is 0.643. The summed E-state index contributed by atoms with van der Waals surface area (Å²) in [5.41, 5.74) is 5.82. The monoisotopic (exact) mass is 271 g/mol. The smallest absolute Gasteiger partial charge is 0.246 e. The van der Waals surface area contributed by atoms with E-state index in [9.17, 15) is 9.59 Å². The van der Waals surface area contributed by atoms with E-state index in [1.54, 1.807) is 11.8 Å². The van der Waals surface area contributed by atoms with Gasteiger partial charge in [-0.3, -0.25) is 9.59 Å². The number of amides is 2. The van der Waals surface area contributed by atoms with E-state index in [-0.39, 0.29) is 23.9 Å². The average Bonchev–Trinajstić information content (AvgIpc) is 2.33. The van der Waals surface area contributed by atoms with E-state index in [0.29, 0.717) is 18.8 Å². The molecule has 1 atom stereocenters. The van der Waals surface area contributed by atoms with E-state index < -0.39 is 4.75 Å². The molecule has 0 spiro atoms.